The highest BCUT2D eigenvalue weighted by atomic mass is 16.2. The normalized spacial score (nSPS) is 27.1. The van der Waals surface area contributed by atoms with E-state index in [2.05, 4.69) is 27.2 Å². The van der Waals surface area contributed by atoms with E-state index in [9.17, 15) is 4.79 Å². The Balaban J connectivity index is 1.25. The van der Waals surface area contributed by atoms with Gasteiger partial charge in [0, 0.05) is 44.0 Å². The van der Waals surface area contributed by atoms with Gasteiger partial charge in [0.05, 0.1) is 0 Å². The molecule has 3 aliphatic rings. The molecule has 2 saturated heterocycles. The first-order valence-electron chi connectivity index (χ1n) is 9.24. The van der Waals surface area contributed by atoms with E-state index in [1.54, 1.807) is 0 Å². The molecule has 130 valence electrons. The van der Waals surface area contributed by atoms with Gasteiger partial charge in [0.1, 0.15) is 5.82 Å². The smallest absolute Gasteiger partial charge is 0.317 e. The minimum atomic E-state index is 0.0910. The molecular formula is C18H27N5O. The topological polar surface area (TPSA) is 61.4 Å². The van der Waals surface area contributed by atoms with Crippen LogP contribution < -0.4 is 5.32 Å². The summed E-state index contributed by atoms with van der Waals surface area (Å²) in [6.45, 7) is 3.71. The first kappa shape index (κ1) is 15.8. The first-order valence-corrected chi connectivity index (χ1v) is 9.24. The van der Waals surface area contributed by atoms with Crippen molar-refractivity contribution in [1.29, 1.82) is 0 Å². The number of hydrogen-bond acceptors (Lipinski definition) is 4. The zero-order valence-electron chi connectivity index (χ0n) is 14.4. The second-order valence-electron chi connectivity index (χ2n) is 7.57. The number of fused-ring (bicyclic) bond motifs is 1. The maximum Gasteiger partial charge on any atom is 0.317 e. The number of carbonyl (C=O) groups excluding carboxylic acids is 1. The summed E-state index contributed by atoms with van der Waals surface area (Å²) in [5.41, 5.74) is 1.09. The monoisotopic (exact) mass is 329 g/mol. The van der Waals surface area contributed by atoms with Crippen molar-refractivity contribution in [1.82, 2.24) is 25.1 Å². The lowest BCUT2D eigenvalue weighted by Gasteiger charge is -2.36. The van der Waals surface area contributed by atoms with Crippen molar-refractivity contribution in [2.24, 2.45) is 5.92 Å². The third kappa shape index (κ3) is 3.38. The Hall–Kier alpha value is -1.69. The fraction of sp³-hybridized carbons (Fsp3) is 0.722. The fourth-order valence-electron chi connectivity index (χ4n) is 4.01. The van der Waals surface area contributed by atoms with Crippen molar-refractivity contribution >= 4 is 6.03 Å². The van der Waals surface area contributed by atoms with Gasteiger partial charge in [0.2, 0.25) is 0 Å². The molecule has 2 amide bonds. The first-order chi connectivity index (χ1) is 11.7. The standard InChI is InChI=1S/C18H27N5O/c1-22-8-5-14-6-9-23(16(14)12-22)18(24)19-7-4-13-10-20-17(21-11-13)15-2-3-15/h10-11,14-16H,2-9,12H2,1H3,(H,19,24). The second-order valence-corrected chi connectivity index (χ2v) is 7.57. The van der Waals surface area contributed by atoms with Gasteiger partial charge in [-0.1, -0.05) is 0 Å². The minimum Gasteiger partial charge on any atom is -0.338 e. The third-order valence-corrected chi connectivity index (χ3v) is 5.68. The molecule has 6 heteroatoms. The Kier molecular flexibility index (Phi) is 4.39. The summed E-state index contributed by atoms with van der Waals surface area (Å²) in [6.07, 6.45) is 9.44. The Morgan fingerprint density at radius 1 is 1.21 bits per heavy atom. The van der Waals surface area contributed by atoms with Crippen LogP contribution in [0.2, 0.25) is 0 Å². The lowest BCUT2D eigenvalue weighted by Crippen LogP contribution is -2.51. The predicted molar refractivity (Wildman–Crippen MR) is 91.8 cm³/mol. The van der Waals surface area contributed by atoms with Crippen molar-refractivity contribution in [2.45, 2.75) is 44.1 Å². The number of hydrogen-bond donors (Lipinski definition) is 1. The molecule has 1 aromatic heterocycles. The molecule has 1 N–H and O–H groups in total. The molecule has 6 nitrogen and oxygen atoms in total. The number of carbonyl (C=O) groups is 1. The summed E-state index contributed by atoms with van der Waals surface area (Å²) >= 11 is 0. The number of nitrogens with one attached hydrogen (secondary N) is 1. The summed E-state index contributed by atoms with van der Waals surface area (Å²) in [5, 5.41) is 3.08. The zero-order valence-corrected chi connectivity index (χ0v) is 14.4. The van der Waals surface area contributed by atoms with Crippen molar-refractivity contribution in [2.75, 3.05) is 33.2 Å². The third-order valence-electron chi connectivity index (χ3n) is 5.68. The number of urea groups is 1. The van der Waals surface area contributed by atoms with E-state index in [1.807, 2.05) is 17.3 Å². The van der Waals surface area contributed by atoms with Crippen LogP contribution in [0.4, 0.5) is 4.79 Å². The summed E-state index contributed by atoms with van der Waals surface area (Å²) < 4.78 is 0. The van der Waals surface area contributed by atoms with Crippen LogP contribution in [0.25, 0.3) is 0 Å². The summed E-state index contributed by atoms with van der Waals surface area (Å²) in [7, 11) is 2.15. The SMILES string of the molecule is CN1CCC2CCN(C(=O)NCCc3cnc(C4CC4)nc3)C2C1. The molecular weight excluding hydrogens is 302 g/mol. The Bertz CT molecular complexity index is 586. The summed E-state index contributed by atoms with van der Waals surface area (Å²) in [4.78, 5) is 25.8. The Labute approximate surface area is 143 Å². The average molecular weight is 329 g/mol. The van der Waals surface area contributed by atoms with E-state index in [-0.39, 0.29) is 6.03 Å². The number of rotatable bonds is 4. The molecule has 0 bridgehead atoms. The van der Waals surface area contributed by atoms with E-state index in [4.69, 9.17) is 0 Å². The Morgan fingerprint density at radius 3 is 2.71 bits per heavy atom. The predicted octanol–water partition coefficient (Wildman–Crippen LogP) is 1.63. The van der Waals surface area contributed by atoms with E-state index >= 15 is 0 Å². The van der Waals surface area contributed by atoms with Crippen LogP contribution in [-0.2, 0) is 6.42 Å². The van der Waals surface area contributed by atoms with Crippen LogP contribution in [0.3, 0.4) is 0 Å². The van der Waals surface area contributed by atoms with E-state index in [0.29, 0.717) is 24.4 Å². The van der Waals surface area contributed by atoms with Gasteiger partial charge < -0.3 is 15.1 Å². The number of aromatic nitrogens is 2. The van der Waals surface area contributed by atoms with Crippen molar-refractivity contribution in [3.63, 3.8) is 0 Å². The quantitative estimate of drug-likeness (QED) is 0.912. The molecule has 0 radical (unpaired) electrons. The molecule has 0 aromatic carbocycles. The van der Waals surface area contributed by atoms with Crippen LogP contribution >= 0.6 is 0 Å². The number of likely N-dealkylation sites (tertiary alicyclic amines) is 2. The van der Waals surface area contributed by atoms with Crippen molar-refractivity contribution < 1.29 is 4.79 Å². The van der Waals surface area contributed by atoms with Gasteiger partial charge in [0.25, 0.3) is 0 Å². The van der Waals surface area contributed by atoms with Crippen LogP contribution in [0, 0.1) is 5.92 Å². The van der Waals surface area contributed by atoms with Gasteiger partial charge in [-0.05, 0) is 57.2 Å². The molecule has 3 heterocycles. The maximum absolute atomic E-state index is 12.5. The largest absolute Gasteiger partial charge is 0.338 e. The highest BCUT2D eigenvalue weighted by Crippen LogP contribution is 2.37. The molecule has 1 saturated carbocycles. The number of piperidine rings is 1. The highest BCUT2D eigenvalue weighted by Gasteiger charge is 2.39. The molecule has 24 heavy (non-hydrogen) atoms. The molecule has 2 unspecified atom stereocenters. The van der Waals surface area contributed by atoms with Crippen LogP contribution in [0.5, 0.6) is 0 Å². The van der Waals surface area contributed by atoms with Crippen molar-refractivity contribution in [3.05, 3.63) is 23.8 Å². The maximum atomic E-state index is 12.5. The van der Waals surface area contributed by atoms with Gasteiger partial charge in [-0.3, -0.25) is 0 Å². The zero-order chi connectivity index (χ0) is 16.5. The number of likely N-dealkylation sites (N-methyl/N-ethyl adjacent to an activating group) is 1. The highest BCUT2D eigenvalue weighted by molar-refractivity contribution is 5.75. The summed E-state index contributed by atoms with van der Waals surface area (Å²) in [6, 6.07) is 0.484. The average Bonchev–Trinajstić information content (AvgIpc) is 3.35. The van der Waals surface area contributed by atoms with Crippen LogP contribution in [0.15, 0.2) is 12.4 Å². The van der Waals surface area contributed by atoms with E-state index in [1.165, 1.54) is 19.3 Å². The summed E-state index contributed by atoms with van der Waals surface area (Å²) in [5.74, 6) is 2.26. The van der Waals surface area contributed by atoms with Gasteiger partial charge >= 0.3 is 6.03 Å². The molecule has 1 aromatic rings. The molecule has 3 fully saturated rings. The number of nitrogens with zero attached hydrogens (tertiary/aromatic N) is 4. The fourth-order valence-corrected chi connectivity index (χ4v) is 4.01. The lowest BCUT2D eigenvalue weighted by atomic mass is 9.92. The van der Waals surface area contributed by atoms with Gasteiger partial charge in [-0.2, -0.15) is 0 Å². The Morgan fingerprint density at radius 2 is 1.96 bits per heavy atom. The molecule has 4 rings (SSSR count). The van der Waals surface area contributed by atoms with Gasteiger partial charge in [-0.25, -0.2) is 14.8 Å². The molecule has 2 atom stereocenters. The molecule has 0 spiro atoms. The van der Waals surface area contributed by atoms with E-state index < -0.39 is 0 Å². The molecule has 1 aliphatic carbocycles. The van der Waals surface area contributed by atoms with E-state index in [0.717, 1.165) is 43.9 Å². The molecule has 2 aliphatic heterocycles. The van der Waals surface area contributed by atoms with Gasteiger partial charge in [0.15, 0.2) is 0 Å². The number of amides is 2. The second kappa shape index (κ2) is 6.67. The van der Waals surface area contributed by atoms with Crippen LogP contribution in [-0.4, -0.2) is 65.1 Å². The minimum absolute atomic E-state index is 0.0910. The van der Waals surface area contributed by atoms with Crippen LogP contribution in [0.1, 0.15) is 43.0 Å². The van der Waals surface area contributed by atoms with Crippen molar-refractivity contribution in [3.8, 4) is 0 Å². The lowest BCUT2D eigenvalue weighted by molar-refractivity contribution is 0.131. The van der Waals surface area contributed by atoms with Gasteiger partial charge in [-0.15, -0.1) is 0 Å².